The zero-order valence-electron chi connectivity index (χ0n) is 6.07. The second-order valence-electron chi connectivity index (χ2n) is 2.12. The number of aliphatic hydroxyl groups excluding tert-OH is 1. The number of hydrogen-bond donors (Lipinski definition) is 2. The molecule has 60 valence electrons. The van der Waals surface area contributed by atoms with Gasteiger partial charge >= 0.3 is 0 Å². The van der Waals surface area contributed by atoms with Crippen molar-refractivity contribution in [1.29, 1.82) is 0 Å². The van der Waals surface area contributed by atoms with Gasteiger partial charge in [-0.3, -0.25) is 0 Å². The van der Waals surface area contributed by atoms with Crippen LogP contribution in [0.3, 0.4) is 0 Å². The first-order valence-electron chi connectivity index (χ1n) is 3.42. The fourth-order valence-electron chi connectivity index (χ4n) is 0.586. The zero-order valence-corrected chi connectivity index (χ0v) is 6.82. The van der Waals surface area contributed by atoms with E-state index in [0.717, 1.165) is 19.4 Å². The van der Waals surface area contributed by atoms with Crippen molar-refractivity contribution in [3.63, 3.8) is 0 Å². The minimum Gasteiger partial charge on any atom is -0.396 e. The van der Waals surface area contributed by atoms with Crippen LogP contribution < -0.4 is 5.32 Å². The Balaban J connectivity index is 2.84. The topological polar surface area (TPSA) is 32.3 Å². The Bertz CT molecular complexity index is 95.6. The largest absolute Gasteiger partial charge is 0.396 e. The van der Waals surface area contributed by atoms with Crippen LogP contribution in [0.5, 0.6) is 0 Å². The minimum atomic E-state index is 0.267. The molecule has 0 aliphatic rings. The first-order chi connectivity index (χ1) is 4.77. The molecule has 0 rings (SSSR count). The number of aliphatic hydroxyl groups is 1. The highest BCUT2D eigenvalue weighted by molar-refractivity contribution is 6.29. The summed E-state index contributed by atoms with van der Waals surface area (Å²) < 4.78 is 0. The molecule has 0 spiro atoms. The average molecular weight is 164 g/mol. The van der Waals surface area contributed by atoms with E-state index in [0.29, 0.717) is 11.6 Å². The van der Waals surface area contributed by atoms with E-state index in [1.165, 1.54) is 0 Å². The summed E-state index contributed by atoms with van der Waals surface area (Å²) in [6, 6.07) is 0. The molecular weight excluding hydrogens is 150 g/mol. The molecule has 0 saturated heterocycles. The van der Waals surface area contributed by atoms with Gasteiger partial charge in [0.05, 0.1) is 0 Å². The summed E-state index contributed by atoms with van der Waals surface area (Å²) in [4.78, 5) is 0. The van der Waals surface area contributed by atoms with Crippen molar-refractivity contribution in [2.45, 2.75) is 12.8 Å². The fourth-order valence-corrected chi connectivity index (χ4v) is 0.680. The molecule has 0 aromatic rings. The summed E-state index contributed by atoms with van der Waals surface area (Å²) in [5, 5.41) is 12.1. The van der Waals surface area contributed by atoms with Crippen LogP contribution >= 0.6 is 11.6 Å². The SMILES string of the molecule is C=C(Cl)CNCCCCO. The van der Waals surface area contributed by atoms with Crippen LogP contribution in [0.2, 0.25) is 0 Å². The summed E-state index contributed by atoms with van der Waals surface area (Å²) in [5.41, 5.74) is 0. The van der Waals surface area contributed by atoms with E-state index in [1.807, 2.05) is 0 Å². The first kappa shape index (κ1) is 9.95. The van der Waals surface area contributed by atoms with Crippen LogP contribution in [0.15, 0.2) is 11.6 Å². The van der Waals surface area contributed by atoms with Gasteiger partial charge in [0.25, 0.3) is 0 Å². The Morgan fingerprint density at radius 2 is 2.20 bits per heavy atom. The highest BCUT2D eigenvalue weighted by Crippen LogP contribution is 1.92. The molecular formula is C7H14ClNO. The van der Waals surface area contributed by atoms with E-state index >= 15 is 0 Å². The van der Waals surface area contributed by atoms with Crippen LogP contribution in [0.25, 0.3) is 0 Å². The molecule has 0 heterocycles. The van der Waals surface area contributed by atoms with Crippen molar-refractivity contribution in [2.75, 3.05) is 19.7 Å². The Hall–Kier alpha value is -0.0500. The first-order valence-corrected chi connectivity index (χ1v) is 3.80. The smallest absolute Gasteiger partial charge is 0.0431 e. The van der Waals surface area contributed by atoms with Gasteiger partial charge in [-0.15, -0.1) is 0 Å². The third-order valence-corrected chi connectivity index (χ3v) is 1.21. The Morgan fingerprint density at radius 3 is 2.70 bits per heavy atom. The third kappa shape index (κ3) is 7.95. The predicted octanol–water partition coefficient (Wildman–Crippen LogP) is 1.10. The summed E-state index contributed by atoms with van der Waals surface area (Å²) in [6.07, 6.45) is 1.84. The van der Waals surface area contributed by atoms with E-state index in [1.54, 1.807) is 0 Å². The van der Waals surface area contributed by atoms with Crippen molar-refractivity contribution in [1.82, 2.24) is 5.32 Å². The maximum absolute atomic E-state index is 8.40. The maximum atomic E-state index is 8.40. The summed E-state index contributed by atoms with van der Waals surface area (Å²) in [7, 11) is 0. The number of hydrogen-bond acceptors (Lipinski definition) is 2. The molecule has 0 amide bonds. The van der Waals surface area contributed by atoms with Crippen LogP contribution in [0.4, 0.5) is 0 Å². The molecule has 10 heavy (non-hydrogen) atoms. The van der Waals surface area contributed by atoms with Gasteiger partial charge < -0.3 is 10.4 Å². The molecule has 0 aromatic carbocycles. The van der Waals surface area contributed by atoms with E-state index in [-0.39, 0.29) is 6.61 Å². The molecule has 0 fully saturated rings. The molecule has 0 aromatic heterocycles. The molecule has 0 atom stereocenters. The standard InChI is InChI=1S/C7H14ClNO/c1-7(8)6-9-4-2-3-5-10/h9-10H,1-6H2. The van der Waals surface area contributed by atoms with Gasteiger partial charge in [-0.2, -0.15) is 0 Å². The lowest BCUT2D eigenvalue weighted by atomic mass is 10.3. The van der Waals surface area contributed by atoms with Gasteiger partial charge in [-0.25, -0.2) is 0 Å². The number of unbranched alkanes of at least 4 members (excludes halogenated alkanes) is 1. The van der Waals surface area contributed by atoms with Gasteiger partial charge in [0.2, 0.25) is 0 Å². The Morgan fingerprint density at radius 1 is 1.50 bits per heavy atom. The van der Waals surface area contributed by atoms with Gasteiger partial charge in [-0.05, 0) is 19.4 Å². The number of nitrogens with one attached hydrogen (secondary N) is 1. The lowest BCUT2D eigenvalue weighted by Gasteiger charge is -2.00. The molecule has 0 bridgehead atoms. The second-order valence-corrected chi connectivity index (χ2v) is 2.66. The van der Waals surface area contributed by atoms with E-state index < -0.39 is 0 Å². The van der Waals surface area contributed by atoms with Gasteiger partial charge in [0.1, 0.15) is 0 Å². The predicted molar refractivity (Wildman–Crippen MR) is 44.2 cm³/mol. The average Bonchev–Trinajstić information content (AvgIpc) is 1.87. The molecule has 2 N–H and O–H groups in total. The maximum Gasteiger partial charge on any atom is 0.0431 e. The highest BCUT2D eigenvalue weighted by atomic mass is 35.5. The van der Waals surface area contributed by atoms with Crippen molar-refractivity contribution >= 4 is 11.6 Å². The van der Waals surface area contributed by atoms with Crippen molar-refractivity contribution < 1.29 is 5.11 Å². The lowest BCUT2D eigenvalue weighted by molar-refractivity contribution is 0.284. The van der Waals surface area contributed by atoms with E-state index in [4.69, 9.17) is 16.7 Å². The fraction of sp³-hybridized carbons (Fsp3) is 0.714. The van der Waals surface area contributed by atoms with Crippen LogP contribution in [-0.4, -0.2) is 24.8 Å². The summed E-state index contributed by atoms with van der Waals surface area (Å²) in [5.74, 6) is 0. The Labute approximate surface area is 66.9 Å². The molecule has 3 heteroatoms. The number of halogens is 1. The molecule has 0 unspecified atom stereocenters. The molecule has 0 radical (unpaired) electrons. The van der Waals surface area contributed by atoms with Crippen molar-refractivity contribution in [3.8, 4) is 0 Å². The summed E-state index contributed by atoms with van der Waals surface area (Å²) in [6.45, 7) is 5.35. The van der Waals surface area contributed by atoms with E-state index in [9.17, 15) is 0 Å². The Kier molecular flexibility index (Phi) is 7.03. The van der Waals surface area contributed by atoms with E-state index in [2.05, 4.69) is 11.9 Å². The molecule has 2 nitrogen and oxygen atoms in total. The van der Waals surface area contributed by atoms with Crippen LogP contribution in [0.1, 0.15) is 12.8 Å². The van der Waals surface area contributed by atoms with Crippen molar-refractivity contribution in [3.05, 3.63) is 11.6 Å². The zero-order chi connectivity index (χ0) is 7.82. The second kappa shape index (κ2) is 7.06. The van der Waals surface area contributed by atoms with Gasteiger partial charge in [-0.1, -0.05) is 18.2 Å². The van der Waals surface area contributed by atoms with Crippen LogP contribution in [0, 0.1) is 0 Å². The lowest BCUT2D eigenvalue weighted by Crippen LogP contribution is -2.16. The molecule has 0 aliphatic heterocycles. The minimum absolute atomic E-state index is 0.267. The van der Waals surface area contributed by atoms with Gasteiger partial charge in [0, 0.05) is 18.2 Å². The van der Waals surface area contributed by atoms with Gasteiger partial charge in [0.15, 0.2) is 0 Å². The quantitative estimate of drug-likeness (QED) is 0.575. The van der Waals surface area contributed by atoms with Crippen molar-refractivity contribution in [2.24, 2.45) is 0 Å². The normalized spacial score (nSPS) is 9.80. The third-order valence-electron chi connectivity index (χ3n) is 1.08. The monoisotopic (exact) mass is 163 g/mol. The number of rotatable bonds is 6. The molecule has 0 aliphatic carbocycles. The van der Waals surface area contributed by atoms with Crippen LogP contribution in [-0.2, 0) is 0 Å². The summed E-state index contributed by atoms with van der Waals surface area (Å²) >= 11 is 5.48. The molecule has 0 saturated carbocycles. The highest BCUT2D eigenvalue weighted by Gasteiger charge is 1.87.